The van der Waals surface area contributed by atoms with Crippen LogP contribution in [-0.2, 0) is 0 Å². The Kier molecular flexibility index (Phi) is 5.58. The first-order valence-electron chi connectivity index (χ1n) is 1.60. The lowest BCUT2D eigenvalue weighted by Crippen LogP contribution is -2.17. The van der Waals surface area contributed by atoms with E-state index in [-0.39, 0.29) is 0 Å². The van der Waals surface area contributed by atoms with Gasteiger partial charge in [0.05, 0.1) is 0 Å². The van der Waals surface area contributed by atoms with Crippen molar-refractivity contribution in [1.82, 2.24) is 6.86 Å². The van der Waals surface area contributed by atoms with E-state index in [9.17, 15) is 0 Å². The molecule has 0 unspecified atom stereocenters. The second kappa shape index (κ2) is 4.54. The third-order valence-electron chi connectivity index (χ3n) is 0.369. The molecule has 0 bridgehead atoms. The van der Waals surface area contributed by atoms with Gasteiger partial charge in [-0.25, -0.2) is 0 Å². The Morgan fingerprint density at radius 3 is 2.33 bits per heavy atom. The Hall–Kier alpha value is 1.38. The average Bonchev–Trinajstić information content (AvgIpc) is 1.65. The van der Waals surface area contributed by atoms with Crippen LogP contribution in [0.1, 0.15) is 6.92 Å². The van der Waals surface area contributed by atoms with E-state index in [0.29, 0.717) is 0 Å². The molecule has 0 aromatic rings. The van der Waals surface area contributed by atoms with Gasteiger partial charge < -0.3 is 0 Å². The molecule has 0 spiro atoms. The number of nitrogens with zero attached hydrogens (tertiary/aromatic N) is 1. The highest BCUT2D eigenvalue weighted by Gasteiger charge is 1.84. The number of hydrogen-bond acceptors (Lipinski definition) is 2. The normalized spacial score (nSPS) is 10.0. The van der Waals surface area contributed by atoms with Gasteiger partial charge in [-0.3, -0.25) is 0 Å². The first-order chi connectivity index (χ1) is 2.81. The molecule has 6 heavy (non-hydrogen) atoms. The summed E-state index contributed by atoms with van der Waals surface area (Å²) in [6.45, 7) is 3.11. The van der Waals surface area contributed by atoms with Crippen LogP contribution in [0, 0.1) is 0 Å². The first-order valence-corrected chi connectivity index (χ1v) is 3.65. The van der Waals surface area contributed by atoms with Crippen LogP contribution in [-0.4, -0.2) is 9.77 Å². The molecule has 0 amide bonds. The van der Waals surface area contributed by atoms with E-state index in [1.807, 2.05) is 3.22 Å². The Balaban J connectivity index is 2.75. The SMILES string of the molecule is CCN(I)NI. The van der Waals surface area contributed by atoms with E-state index in [2.05, 4.69) is 56.3 Å². The van der Waals surface area contributed by atoms with Gasteiger partial charge in [0.1, 0.15) is 0 Å². The van der Waals surface area contributed by atoms with E-state index in [4.69, 9.17) is 0 Å². The third kappa shape index (κ3) is 3.57. The highest BCUT2D eigenvalue weighted by Crippen LogP contribution is 1.91. The molecule has 0 aliphatic rings. The zero-order valence-corrected chi connectivity index (χ0v) is 7.73. The molecule has 0 rings (SSSR count). The van der Waals surface area contributed by atoms with Gasteiger partial charge in [0.15, 0.2) is 0 Å². The molecule has 0 aromatic heterocycles. The van der Waals surface area contributed by atoms with Crippen molar-refractivity contribution in [3.8, 4) is 0 Å². The fourth-order valence-electron chi connectivity index (χ4n) is 0.0598. The van der Waals surface area contributed by atoms with Crippen LogP contribution >= 0.6 is 45.7 Å². The Morgan fingerprint density at radius 1 is 1.83 bits per heavy atom. The number of hydrogen-bond donors (Lipinski definition) is 1. The number of hydrazine groups is 1. The number of halogens is 2. The van der Waals surface area contributed by atoms with Crippen LogP contribution in [0.3, 0.4) is 0 Å². The maximum Gasteiger partial charge on any atom is 0.0374 e. The molecule has 0 fully saturated rings. The van der Waals surface area contributed by atoms with Crippen molar-refractivity contribution in [3.63, 3.8) is 0 Å². The van der Waals surface area contributed by atoms with Crippen LogP contribution in [0.5, 0.6) is 0 Å². The van der Waals surface area contributed by atoms with Crippen molar-refractivity contribution in [2.24, 2.45) is 0 Å². The summed E-state index contributed by atoms with van der Waals surface area (Å²) in [6.07, 6.45) is 0. The third-order valence-corrected chi connectivity index (χ3v) is 2.80. The fourth-order valence-corrected chi connectivity index (χ4v) is 0.401. The van der Waals surface area contributed by atoms with Crippen molar-refractivity contribution < 1.29 is 0 Å². The monoisotopic (exact) mass is 312 g/mol. The van der Waals surface area contributed by atoms with Crippen LogP contribution in [0.15, 0.2) is 0 Å². The van der Waals surface area contributed by atoms with Gasteiger partial charge >= 0.3 is 0 Å². The van der Waals surface area contributed by atoms with Crippen LogP contribution in [0.2, 0.25) is 0 Å². The van der Waals surface area contributed by atoms with Gasteiger partial charge in [0, 0.05) is 52.3 Å². The number of nitrogens with one attached hydrogen (secondary N) is 1. The molecule has 0 aromatic carbocycles. The van der Waals surface area contributed by atoms with Gasteiger partial charge in [-0.05, 0) is 0 Å². The van der Waals surface area contributed by atoms with Gasteiger partial charge in [-0.15, -0.1) is 0 Å². The van der Waals surface area contributed by atoms with Gasteiger partial charge in [-0.1, -0.05) is 6.92 Å². The van der Waals surface area contributed by atoms with E-state index in [0.717, 1.165) is 6.54 Å². The zero-order chi connectivity index (χ0) is 4.99. The summed E-state index contributed by atoms with van der Waals surface area (Å²) in [6, 6.07) is 0. The molecule has 2 nitrogen and oxygen atoms in total. The topological polar surface area (TPSA) is 15.3 Å². The summed E-state index contributed by atoms with van der Waals surface area (Å²) in [5.41, 5.74) is 0. The summed E-state index contributed by atoms with van der Waals surface area (Å²) in [5, 5.41) is 0. The predicted molar refractivity (Wildman–Crippen MR) is 43.6 cm³/mol. The molecule has 0 atom stereocenters. The molecular formula is C2H6I2N2. The lowest BCUT2D eigenvalue weighted by Gasteiger charge is -2.03. The van der Waals surface area contributed by atoms with Crippen molar-refractivity contribution in [2.45, 2.75) is 6.92 Å². The Labute approximate surface area is 65.6 Å². The quantitative estimate of drug-likeness (QED) is 0.472. The second-order valence-corrected chi connectivity index (χ2v) is 2.41. The standard InChI is InChI=1S/C2H6I2N2/c1-2-6(4)5-3/h5H,2H2,1H3. The molecule has 0 heterocycles. The zero-order valence-electron chi connectivity index (χ0n) is 3.41. The van der Waals surface area contributed by atoms with Crippen LogP contribution in [0.4, 0.5) is 0 Å². The highest BCUT2D eigenvalue weighted by atomic mass is 127. The smallest absolute Gasteiger partial charge is 0.0374 e. The Morgan fingerprint density at radius 2 is 2.33 bits per heavy atom. The van der Waals surface area contributed by atoms with E-state index < -0.39 is 0 Å². The summed E-state index contributed by atoms with van der Waals surface area (Å²) >= 11 is 4.27. The average molecular weight is 312 g/mol. The molecule has 0 saturated heterocycles. The largest absolute Gasteiger partial charge is 0.186 e. The molecule has 0 saturated carbocycles. The van der Waals surface area contributed by atoms with Gasteiger partial charge in [0.25, 0.3) is 0 Å². The molecule has 0 radical (unpaired) electrons. The minimum absolute atomic E-state index is 1.03. The lowest BCUT2D eigenvalue weighted by atomic mass is 10.8. The minimum Gasteiger partial charge on any atom is -0.186 e. The van der Waals surface area contributed by atoms with E-state index in [1.54, 1.807) is 0 Å². The minimum atomic E-state index is 1.03. The van der Waals surface area contributed by atoms with E-state index >= 15 is 0 Å². The predicted octanol–water partition coefficient (Wildman–Crippen LogP) is 1.51. The van der Waals surface area contributed by atoms with Crippen molar-refractivity contribution in [3.05, 3.63) is 0 Å². The summed E-state index contributed by atoms with van der Waals surface area (Å²) in [7, 11) is 0. The maximum absolute atomic E-state index is 2.90. The maximum atomic E-state index is 2.90. The summed E-state index contributed by atoms with van der Waals surface area (Å²) in [4.78, 5) is 0. The molecular weight excluding hydrogens is 306 g/mol. The van der Waals surface area contributed by atoms with Crippen molar-refractivity contribution in [1.29, 1.82) is 0 Å². The lowest BCUT2D eigenvalue weighted by molar-refractivity contribution is 0.539. The second-order valence-electron chi connectivity index (χ2n) is 0.763. The van der Waals surface area contributed by atoms with Crippen LogP contribution in [0.25, 0.3) is 0 Å². The highest BCUT2D eigenvalue weighted by molar-refractivity contribution is 14.1. The molecule has 0 aliphatic heterocycles. The summed E-state index contributed by atoms with van der Waals surface area (Å²) in [5.74, 6) is 0. The first kappa shape index (κ1) is 7.38. The van der Waals surface area contributed by atoms with Crippen molar-refractivity contribution >= 4 is 45.7 Å². The molecule has 38 valence electrons. The molecule has 4 heteroatoms. The van der Waals surface area contributed by atoms with Gasteiger partial charge in [0.2, 0.25) is 0 Å². The fraction of sp³-hybridized carbons (Fsp3) is 1.00. The Bertz CT molecular complexity index is 28.7. The molecule has 0 aliphatic carbocycles. The van der Waals surface area contributed by atoms with Gasteiger partial charge in [-0.2, -0.15) is 6.86 Å². The number of rotatable bonds is 2. The summed E-state index contributed by atoms with van der Waals surface area (Å²) < 4.78 is 4.86. The molecule has 1 N–H and O–H groups in total. The van der Waals surface area contributed by atoms with Crippen LogP contribution < -0.4 is 3.64 Å². The van der Waals surface area contributed by atoms with Crippen molar-refractivity contribution in [2.75, 3.05) is 6.54 Å². The van der Waals surface area contributed by atoms with E-state index in [1.165, 1.54) is 0 Å².